The standard InChI is InChI=1S/C17H14F3N3O3.C8H16/c1-9-7-14-13(8-12(9)15(24)25)22-16(23(14)2)21-10-3-5-11(6-4-10)26-17(18,19)20;1-8(2)6-4-3-5-7-8/h3-8H,1-2H3,(H,21,22)(H,24,25);3-7H2,1-2H3. The van der Waals surface area contributed by atoms with Gasteiger partial charge in [0.1, 0.15) is 5.75 Å². The van der Waals surface area contributed by atoms with Crippen LogP contribution in [0.15, 0.2) is 36.4 Å². The van der Waals surface area contributed by atoms with Crippen molar-refractivity contribution in [3.05, 3.63) is 47.5 Å². The number of anilines is 2. The number of ether oxygens (including phenoxy) is 1. The van der Waals surface area contributed by atoms with E-state index in [1.165, 1.54) is 62.4 Å². The van der Waals surface area contributed by atoms with Crippen LogP contribution in [-0.2, 0) is 7.05 Å². The molecule has 0 aliphatic heterocycles. The second kappa shape index (κ2) is 9.95. The number of hydrogen-bond donors (Lipinski definition) is 2. The molecule has 0 saturated heterocycles. The number of nitrogens with one attached hydrogen (secondary N) is 1. The summed E-state index contributed by atoms with van der Waals surface area (Å²) in [6.45, 7) is 6.46. The minimum absolute atomic E-state index is 0.163. The van der Waals surface area contributed by atoms with E-state index in [9.17, 15) is 23.1 Å². The number of carboxylic acids is 1. The van der Waals surface area contributed by atoms with Gasteiger partial charge in [0.05, 0.1) is 16.6 Å². The van der Waals surface area contributed by atoms with Gasteiger partial charge in [-0.25, -0.2) is 9.78 Å². The van der Waals surface area contributed by atoms with Crippen molar-refractivity contribution in [1.29, 1.82) is 0 Å². The Kier molecular flexibility index (Phi) is 7.43. The number of nitrogens with zero attached hydrogens (tertiary/aromatic N) is 2. The molecule has 1 aliphatic rings. The minimum atomic E-state index is -4.74. The molecule has 184 valence electrons. The molecule has 1 heterocycles. The summed E-state index contributed by atoms with van der Waals surface area (Å²) >= 11 is 0. The van der Waals surface area contributed by atoms with Crippen LogP contribution in [0.2, 0.25) is 0 Å². The van der Waals surface area contributed by atoms with Gasteiger partial charge in [0.2, 0.25) is 5.95 Å². The van der Waals surface area contributed by atoms with E-state index >= 15 is 0 Å². The van der Waals surface area contributed by atoms with Crippen molar-refractivity contribution in [2.24, 2.45) is 12.5 Å². The van der Waals surface area contributed by atoms with E-state index in [4.69, 9.17) is 0 Å². The molecule has 0 unspecified atom stereocenters. The molecule has 2 N–H and O–H groups in total. The molecule has 0 amide bonds. The lowest BCUT2D eigenvalue weighted by molar-refractivity contribution is -0.274. The molecule has 0 radical (unpaired) electrons. The number of alkyl halides is 3. The number of aromatic nitrogens is 2. The molecule has 9 heteroatoms. The number of hydrogen-bond acceptors (Lipinski definition) is 4. The van der Waals surface area contributed by atoms with E-state index < -0.39 is 12.3 Å². The van der Waals surface area contributed by atoms with Gasteiger partial charge in [0, 0.05) is 12.7 Å². The molecular weight excluding hydrogens is 447 g/mol. The van der Waals surface area contributed by atoms with Gasteiger partial charge in [0.25, 0.3) is 0 Å². The monoisotopic (exact) mass is 477 g/mol. The van der Waals surface area contributed by atoms with Crippen LogP contribution in [-0.4, -0.2) is 27.0 Å². The fourth-order valence-corrected chi connectivity index (χ4v) is 4.06. The highest BCUT2D eigenvalue weighted by molar-refractivity contribution is 5.95. The van der Waals surface area contributed by atoms with Crippen LogP contribution < -0.4 is 10.1 Å². The van der Waals surface area contributed by atoms with Gasteiger partial charge < -0.3 is 19.7 Å². The first-order valence-corrected chi connectivity index (χ1v) is 11.2. The first kappa shape index (κ1) is 25.4. The second-order valence-corrected chi connectivity index (χ2v) is 9.38. The molecule has 4 rings (SSSR count). The first-order valence-electron chi connectivity index (χ1n) is 11.2. The number of halogens is 3. The lowest BCUT2D eigenvalue weighted by Crippen LogP contribution is -2.17. The van der Waals surface area contributed by atoms with Gasteiger partial charge in [-0.3, -0.25) is 0 Å². The summed E-state index contributed by atoms with van der Waals surface area (Å²) in [5.41, 5.74) is 3.18. The average Bonchev–Trinajstić information content (AvgIpc) is 3.02. The van der Waals surface area contributed by atoms with Crippen molar-refractivity contribution in [3.63, 3.8) is 0 Å². The lowest BCUT2D eigenvalue weighted by atomic mass is 9.78. The van der Waals surface area contributed by atoms with Crippen LogP contribution in [0.25, 0.3) is 11.0 Å². The molecule has 3 aromatic rings. The Balaban J connectivity index is 0.000000343. The molecule has 1 aromatic heterocycles. The molecule has 6 nitrogen and oxygen atoms in total. The molecule has 0 bridgehead atoms. The Bertz CT molecular complexity index is 1140. The van der Waals surface area contributed by atoms with Crippen molar-refractivity contribution in [2.75, 3.05) is 5.32 Å². The maximum absolute atomic E-state index is 12.2. The van der Waals surface area contributed by atoms with Gasteiger partial charge in [0.15, 0.2) is 0 Å². The maximum atomic E-state index is 12.2. The zero-order valence-electron chi connectivity index (χ0n) is 19.8. The van der Waals surface area contributed by atoms with Crippen molar-refractivity contribution < 1.29 is 27.8 Å². The summed E-state index contributed by atoms with van der Waals surface area (Å²) in [7, 11) is 1.75. The quantitative estimate of drug-likeness (QED) is 0.416. The third-order valence-corrected chi connectivity index (χ3v) is 6.01. The van der Waals surface area contributed by atoms with Gasteiger partial charge in [-0.1, -0.05) is 33.1 Å². The largest absolute Gasteiger partial charge is 0.573 e. The number of benzene rings is 2. The number of aromatic carboxylic acids is 1. The Morgan fingerprint density at radius 1 is 1.12 bits per heavy atom. The normalized spacial score (nSPS) is 15.4. The molecule has 34 heavy (non-hydrogen) atoms. The Morgan fingerprint density at radius 3 is 2.24 bits per heavy atom. The summed E-state index contributed by atoms with van der Waals surface area (Å²) in [5.74, 6) is -0.939. The summed E-state index contributed by atoms with van der Waals surface area (Å²) in [4.78, 5) is 15.6. The summed E-state index contributed by atoms with van der Waals surface area (Å²) in [6.07, 6.45) is 2.56. The van der Waals surface area contributed by atoms with E-state index in [1.54, 1.807) is 24.6 Å². The number of rotatable bonds is 4. The molecule has 1 aliphatic carbocycles. The number of carboxylic acid groups (broad SMARTS) is 1. The Labute approximate surface area is 196 Å². The summed E-state index contributed by atoms with van der Waals surface area (Å²) < 4.78 is 42.1. The summed E-state index contributed by atoms with van der Waals surface area (Å²) in [6, 6.07) is 8.43. The Morgan fingerprint density at radius 2 is 1.74 bits per heavy atom. The van der Waals surface area contributed by atoms with E-state index in [1.807, 2.05) is 0 Å². The van der Waals surface area contributed by atoms with Crippen LogP contribution in [0.5, 0.6) is 5.75 Å². The van der Waals surface area contributed by atoms with E-state index in [-0.39, 0.29) is 11.3 Å². The van der Waals surface area contributed by atoms with E-state index in [2.05, 4.69) is 28.9 Å². The molecule has 0 atom stereocenters. The zero-order chi connectivity index (χ0) is 25.1. The predicted molar refractivity (Wildman–Crippen MR) is 126 cm³/mol. The number of fused-ring (bicyclic) bond motifs is 1. The molecular formula is C25H30F3N3O3. The van der Waals surface area contributed by atoms with E-state index in [0.717, 1.165) is 5.52 Å². The van der Waals surface area contributed by atoms with Gasteiger partial charge in [-0.2, -0.15) is 0 Å². The average molecular weight is 478 g/mol. The maximum Gasteiger partial charge on any atom is 0.573 e. The smallest absolute Gasteiger partial charge is 0.478 e. The third kappa shape index (κ3) is 6.65. The van der Waals surface area contributed by atoms with Crippen LogP contribution in [0.1, 0.15) is 61.9 Å². The lowest BCUT2D eigenvalue weighted by Gasteiger charge is -2.28. The SMILES string of the molecule is CC1(C)CCCCC1.Cc1cc2c(cc1C(=O)O)nc(Nc1ccc(OC(F)(F)F)cc1)n2C. The van der Waals surface area contributed by atoms with Crippen LogP contribution >= 0.6 is 0 Å². The number of carbonyl (C=O) groups is 1. The van der Waals surface area contributed by atoms with Crippen molar-refractivity contribution in [2.45, 2.75) is 59.2 Å². The van der Waals surface area contributed by atoms with Gasteiger partial charge in [-0.15, -0.1) is 13.2 Å². The zero-order valence-corrected chi connectivity index (χ0v) is 19.8. The molecule has 0 spiro atoms. The van der Waals surface area contributed by atoms with Gasteiger partial charge in [-0.05, 0) is 67.1 Å². The van der Waals surface area contributed by atoms with Gasteiger partial charge >= 0.3 is 12.3 Å². The predicted octanol–water partition coefficient (Wildman–Crippen LogP) is 7.20. The first-order chi connectivity index (χ1) is 15.8. The molecule has 2 aromatic carbocycles. The van der Waals surface area contributed by atoms with Crippen molar-refractivity contribution in [3.8, 4) is 5.75 Å². The summed E-state index contributed by atoms with van der Waals surface area (Å²) in [5, 5.41) is 12.2. The fourth-order valence-electron chi connectivity index (χ4n) is 4.06. The van der Waals surface area contributed by atoms with Crippen LogP contribution in [0.3, 0.4) is 0 Å². The molecule has 1 fully saturated rings. The third-order valence-electron chi connectivity index (χ3n) is 6.01. The van der Waals surface area contributed by atoms with E-state index in [0.29, 0.717) is 28.1 Å². The van der Waals surface area contributed by atoms with Crippen molar-refractivity contribution in [1.82, 2.24) is 9.55 Å². The highest BCUT2D eigenvalue weighted by atomic mass is 19.4. The number of imidazole rings is 1. The highest BCUT2D eigenvalue weighted by Gasteiger charge is 2.31. The minimum Gasteiger partial charge on any atom is -0.478 e. The van der Waals surface area contributed by atoms with Crippen LogP contribution in [0.4, 0.5) is 24.8 Å². The molecule has 1 saturated carbocycles. The Hall–Kier alpha value is -3.23. The fraction of sp³-hybridized carbons (Fsp3) is 0.440. The number of aryl methyl sites for hydroxylation is 2. The highest BCUT2D eigenvalue weighted by Crippen LogP contribution is 2.34. The van der Waals surface area contributed by atoms with Crippen LogP contribution in [0, 0.1) is 12.3 Å². The second-order valence-electron chi connectivity index (χ2n) is 9.38. The van der Waals surface area contributed by atoms with Crippen molar-refractivity contribution >= 4 is 28.6 Å². The topological polar surface area (TPSA) is 76.4 Å².